The molecule has 13 heteroatoms. The van der Waals surface area contributed by atoms with Gasteiger partial charge in [-0.3, -0.25) is 14.4 Å². The molecule has 7 atom stereocenters. The Morgan fingerprint density at radius 3 is 2.33 bits per heavy atom. The number of rotatable bonds is 15. The van der Waals surface area contributed by atoms with Crippen LogP contribution in [-0.2, 0) is 23.9 Å². The summed E-state index contributed by atoms with van der Waals surface area (Å²) in [5, 5.41) is 34.5. The van der Waals surface area contributed by atoms with Gasteiger partial charge in [0.1, 0.15) is 24.4 Å². The summed E-state index contributed by atoms with van der Waals surface area (Å²) in [4.78, 5) is 35.3. The summed E-state index contributed by atoms with van der Waals surface area (Å²) in [5.41, 5.74) is 16.0. The second kappa shape index (κ2) is 15.1. The lowest BCUT2D eigenvalue weighted by atomic mass is 10.0. The van der Waals surface area contributed by atoms with Gasteiger partial charge in [-0.1, -0.05) is 12.8 Å². The number of aliphatic hydroxyl groups is 3. The van der Waals surface area contributed by atoms with Crippen molar-refractivity contribution >= 4 is 17.7 Å². The van der Waals surface area contributed by atoms with Crippen LogP contribution in [0.3, 0.4) is 0 Å². The maximum absolute atomic E-state index is 12.4. The third-order valence-corrected chi connectivity index (χ3v) is 5.36. The van der Waals surface area contributed by atoms with Gasteiger partial charge < -0.3 is 52.6 Å². The zero-order valence-corrected chi connectivity index (χ0v) is 19.0. The molecule has 0 aliphatic carbocycles. The fourth-order valence-electron chi connectivity index (χ4n) is 3.21. The maximum atomic E-state index is 12.4. The quantitative estimate of drug-likeness (QED) is 0.109. The van der Waals surface area contributed by atoms with Crippen molar-refractivity contribution in [3.8, 4) is 0 Å². The van der Waals surface area contributed by atoms with Crippen molar-refractivity contribution in [3.63, 3.8) is 0 Å². The van der Waals surface area contributed by atoms with Crippen LogP contribution in [0.1, 0.15) is 45.4 Å². The van der Waals surface area contributed by atoms with E-state index in [1.54, 1.807) is 6.92 Å². The molecule has 0 bridgehead atoms. The van der Waals surface area contributed by atoms with Crippen LogP contribution in [0.25, 0.3) is 0 Å². The number of amides is 3. The topological polar surface area (TPSA) is 232 Å². The van der Waals surface area contributed by atoms with Gasteiger partial charge in [-0.05, 0) is 26.2 Å². The first kappa shape index (κ1) is 29.2. The standard InChI is InChI=1S/C20H39N5O8/c1-11-15(27)16(28)17(29)20(33-11)32-9-5-3-2-4-8-24-19(31)13(6-7-14(23)26)25-18(30)12(22)10-21/h11-13,15-17,20,27-29H,2-10,21-22H2,1H3,(H2,23,26)(H,24,31)(H,25,30)/t11-,12-,13-,15+,16+,17-,20-/m0/s1. The van der Waals surface area contributed by atoms with Gasteiger partial charge in [-0.15, -0.1) is 0 Å². The molecule has 0 aromatic carbocycles. The number of unbranched alkanes of at least 4 members (excludes halogenated alkanes) is 3. The SMILES string of the molecule is C[C@@H]1O[C@H](OCCCCCCNC(=O)[C@H](CCC(N)=O)NC(=O)[C@@H](N)CN)[C@@H](O)[C@H](O)[C@@H]1O. The van der Waals surface area contributed by atoms with Gasteiger partial charge in [0.05, 0.1) is 12.1 Å². The molecule has 0 radical (unpaired) electrons. The zero-order chi connectivity index (χ0) is 25.0. The highest BCUT2D eigenvalue weighted by atomic mass is 16.7. The molecular formula is C20H39N5O8. The number of carbonyl (C=O) groups excluding carboxylic acids is 3. The van der Waals surface area contributed by atoms with E-state index in [2.05, 4.69) is 10.6 Å². The largest absolute Gasteiger partial charge is 0.388 e. The Morgan fingerprint density at radius 1 is 1.03 bits per heavy atom. The lowest BCUT2D eigenvalue weighted by Crippen LogP contribution is -2.57. The van der Waals surface area contributed by atoms with Crippen molar-refractivity contribution in [1.29, 1.82) is 0 Å². The highest BCUT2D eigenvalue weighted by Crippen LogP contribution is 2.22. The molecule has 0 aromatic rings. The summed E-state index contributed by atoms with van der Waals surface area (Å²) in [6, 6.07) is -1.89. The number of nitrogens with two attached hydrogens (primary N) is 3. The number of ether oxygens (including phenoxy) is 2. The van der Waals surface area contributed by atoms with Gasteiger partial charge >= 0.3 is 0 Å². The van der Waals surface area contributed by atoms with Gasteiger partial charge in [-0.25, -0.2) is 0 Å². The predicted octanol–water partition coefficient (Wildman–Crippen LogP) is -3.46. The molecule has 1 aliphatic heterocycles. The van der Waals surface area contributed by atoms with E-state index in [9.17, 15) is 29.7 Å². The third kappa shape index (κ3) is 10.3. The van der Waals surface area contributed by atoms with Crippen LogP contribution in [0.4, 0.5) is 0 Å². The minimum atomic E-state index is -1.33. The summed E-state index contributed by atoms with van der Waals surface area (Å²) < 4.78 is 10.8. The molecule has 1 heterocycles. The number of hydrogen-bond acceptors (Lipinski definition) is 10. The molecule has 1 rings (SSSR count). The Balaban J connectivity index is 2.25. The van der Waals surface area contributed by atoms with Crippen molar-refractivity contribution in [2.24, 2.45) is 17.2 Å². The molecule has 3 amide bonds. The molecular weight excluding hydrogens is 438 g/mol. The maximum Gasteiger partial charge on any atom is 0.242 e. The van der Waals surface area contributed by atoms with Gasteiger partial charge in [0, 0.05) is 26.1 Å². The number of nitrogens with one attached hydrogen (secondary N) is 2. The Bertz CT molecular complexity index is 625. The average Bonchev–Trinajstić information content (AvgIpc) is 2.78. The lowest BCUT2D eigenvalue weighted by molar-refractivity contribution is -0.293. The van der Waals surface area contributed by atoms with E-state index in [1.165, 1.54) is 0 Å². The molecule has 1 aliphatic rings. The normalized spacial score (nSPS) is 26.9. The van der Waals surface area contributed by atoms with E-state index < -0.39 is 60.5 Å². The first-order valence-electron chi connectivity index (χ1n) is 11.2. The van der Waals surface area contributed by atoms with Crippen LogP contribution < -0.4 is 27.8 Å². The van der Waals surface area contributed by atoms with Gasteiger partial charge in [0.15, 0.2) is 6.29 Å². The Labute approximate surface area is 193 Å². The first-order valence-corrected chi connectivity index (χ1v) is 11.2. The number of primary amides is 1. The number of aliphatic hydroxyl groups excluding tert-OH is 3. The molecule has 1 fully saturated rings. The van der Waals surface area contributed by atoms with Gasteiger partial charge in [-0.2, -0.15) is 0 Å². The minimum absolute atomic E-state index is 0.0565. The first-order chi connectivity index (χ1) is 15.6. The van der Waals surface area contributed by atoms with Crippen LogP contribution in [0, 0.1) is 0 Å². The van der Waals surface area contributed by atoms with Gasteiger partial charge in [0.2, 0.25) is 17.7 Å². The van der Waals surface area contributed by atoms with E-state index in [4.69, 9.17) is 26.7 Å². The predicted molar refractivity (Wildman–Crippen MR) is 117 cm³/mol. The average molecular weight is 478 g/mol. The second-order valence-electron chi connectivity index (χ2n) is 8.17. The Morgan fingerprint density at radius 2 is 1.70 bits per heavy atom. The van der Waals surface area contributed by atoms with Crippen LogP contribution in [0.15, 0.2) is 0 Å². The summed E-state index contributed by atoms with van der Waals surface area (Å²) >= 11 is 0. The summed E-state index contributed by atoms with van der Waals surface area (Å²) in [6.07, 6.45) is -2.58. The molecule has 11 N–H and O–H groups in total. The van der Waals surface area contributed by atoms with E-state index in [1.807, 2.05) is 0 Å². The Hall–Kier alpha value is -1.87. The molecule has 0 spiro atoms. The fourth-order valence-corrected chi connectivity index (χ4v) is 3.21. The smallest absolute Gasteiger partial charge is 0.242 e. The van der Waals surface area contributed by atoms with E-state index >= 15 is 0 Å². The summed E-state index contributed by atoms with van der Waals surface area (Å²) in [6.45, 7) is 2.18. The van der Waals surface area contributed by atoms with Crippen molar-refractivity contribution in [2.45, 2.75) is 88.2 Å². The summed E-state index contributed by atoms with van der Waals surface area (Å²) in [7, 11) is 0. The van der Waals surface area contributed by atoms with Crippen molar-refractivity contribution in [1.82, 2.24) is 10.6 Å². The minimum Gasteiger partial charge on any atom is -0.388 e. The molecule has 13 nitrogen and oxygen atoms in total. The van der Waals surface area contributed by atoms with Gasteiger partial charge in [0.25, 0.3) is 0 Å². The second-order valence-corrected chi connectivity index (χ2v) is 8.17. The number of carbonyl (C=O) groups is 3. The van der Waals surface area contributed by atoms with Crippen LogP contribution in [-0.4, -0.2) is 95.5 Å². The number of hydrogen-bond donors (Lipinski definition) is 8. The third-order valence-electron chi connectivity index (χ3n) is 5.36. The zero-order valence-electron chi connectivity index (χ0n) is 19.0. The van der Waals surface area contributed by atoms with Crippen molar-refractivity contribution in [3.05, 3.63) is 0 Å². The van der Waals surface area contributed by atoms with E-state index in [0.717, 1.165) is 12.8 Å². The molecule has 192 valence electrons. The molecule has 33 heavy (non-hydrogen) atoms. The van der Waals surface area contributed by atoms with E-state index in [0.29, 0.717) is 26.0 Å². The highest BCUT2D eigenvalue weighted by molar-refractivity contribution is 5.90. The van der Waals surface area contributed by atoms with E-state index in [-0.39, 0.29) is 19.4 Å². The molecule has 0 aromatic heterocycles. The lowest BCUT2D eigenvalue weighted by Gasteiger charge is -2.38. The van der Waals surface area contributed by atoms with Crippen molar-refractivity contribution < 1.29 is 39.2 Å². The van der Waals surface area contributed by atoms with Crippen LogP contribution in [0.5, 0.6) is 0 Å². The Kier molecular flexibility index (Phi) is 13.4. The summed E-state index contributed by atoms with van der Waals surface area (Å²) in [5.74, 6) is -1.60. The molecule has 0 unspecified atom stereocenters. The molecule has 0 saturated carbocycles. The fraction of sp³-hybridized carbons (Fsp3) is 0.850. The van der Waals surface area contributed by atoms with Crippen LogP contribution >= 0.6 is 0 Å². The van der Waals surface area contributed by atoms with Crippen LogP contribution in [0.2, 0.25) is 0 Å². The monoisotopic (exact) mass is 477 g/mol. The van der Waals surface area contributed by atoms with Crippen molar-refractivity contribution in [2.75, 3.05) is 19.7 Å². The molecule has 1 saturated heterocycles. The highest BCUT2D eigenvalue weighted by Gasteiger charge is 2.42.